The van der Waals surface area contributed by atoms with Gasteiger partial charge in [0.2, 0.25) is 0 Å². The number of nitro groups is 1. The van der Waals surface area contributed by atoms with E-state index in [1.807, 2.05) is 17.5 Å². The summed E-state index contributed by atoms with van der Waals surface area (Å²) in [6, 6.07) is 10.5. The van der Waals surface area contributed by atoms with Crippen molar-refractivity contribution in [1.29, 1.82) is 0 Å². The van der Waals surface area contributed by atoms with Crippen molar-refractivity contribution < 1.29 is 22.9 Å². The van der Waals surface area contributed by atoms with E-state index in [0.29, 0.717) is 4.52 Å². The Bertz CT molecular complexity index is 1270. The van der Waals surface area contributed by atoms with E-state index >= 15 is 0 Å². The van der Waals surface area contributed by atoms with E-state index in [9.17, 15) is 28.1 Å². The molecule has 1 aromatic carbocycles. The summed E-state index contributed by atoms with van der Waals surface area (Å²) in [4.78, 5) is 27.6. The number of non-ortho nitro benzene ring substituents is 1. The Morgan fingerprint density at radius 2 is 1.94 bits per heavy atom. The number of carbonyl (C=O) groups excluding carboxylic acids is 1. The Morgan fingerprint density at radius 3 is 2.55 bits per heavy atom. The van der Waals surface area contributed by atoms with Crippen molar-refractivity contribution in [3.8, 4) is 11.3 Å². The number of carbonyl (C=O) groups is 1. The highest BCUT2D eigenvalue weighted by Gasteiger charge is 2.35. The van der Waals surface area contributed by atoms with Crippen LogP contribution in [0, 0.1) is 10.1 Å². The van der Waals surface area contributed by atoms with E-state index in [-0.39, 0.29) is 34.8 Å². The summed E-state index contributed by atoms with van der Waals surface area (Å²) >= 11 is 1.43. The van der Waals surface area contributed by atoms with Crippen LogP contribution in [0.5, 0.6) is 0 Å². The van der Waals surface area contributed by atoms with Gasteiger partial charge < -0.3 is 5.32 Å². The molecule has 0 aliphatic carbocycles. The first-order chi connectivity index (χ1) is 14.7. The maximum atomic E-state index is 13.7. The molecule has 0 atom stereocenters. The third-order valence-corrected chi connectivity index (χ3v) is 5.20. The van der Waals surface area contributed by atoms with Gasteiger partial charge in [0.25, 0.3) is 11.6 Å². The summed E-state index contributed by atoms with van der Waals surface area (Å²) in [6.07, 6.45) is -4.77. The second kappa shape index (κ2) is 7.80. The topological polar surface area (TPSA) is 102 Å². The van der Waals surface area contributed by atoms with Crippen LogP contribution in [0.1, 0.15) is 21.1 Å². The molecule has 4 rings (SSSR count). The maximum Gasteiger partial charge on any atom is 0.433 e. The van der Waals surface area contributed by atoms with E-state index in [2.05, 4.69) is 15.4 Å². The Balaban J connectivity index is 1.72. The molecule has 1 amide bonds. The number of halogens is 3. The summed E-state index contributed by atoms with van der Waals surface area (Å²) in [7, 11) is 0. The predicted octanol–water partition coefficient (Wildman–Crippen LogP) is 4.31. The van der Waals surface area contributed by atoms with Gasteiger partial charge >= 0.3 is 6.18 Å². The van der Waals surface area contributed by atoms with Crippen molar-refractivity contribution in [3.63, 3.8) is 0 Å². The summed E-state index contributed by atoms with van der Waals surface area (Å²) < 4.78 is 41.5. The number of nitrogens with one attached hydrogen (secondary N) is 1. The largest absolute Gasteiger partial charge is 0.433 e. The second-order valence-corrected chi connectivity index (χ2v) is 7.42. The van der Waals surface area contributed by atoms with Gasteiger partial charge in [-0.05, 0) is 29.6 Å². The molecule has 8 nitrogen and oxygen atoms in total. The van der Waals surface area contributed by atoms with E-state index in [1.165, 1.54) is 35.6 Å². The third-order valence-electron chi connectivity index (χ3n) is 4.33. The van der Waals surface area contributed by atoms with E-state index < -0.39 is 22.7 Å². The fraction of sp³-hybridized carbons (Fsp3) is 0.105. The van der Waals surface area contributed by atoms with Crippen molar-refractivity contribution in [1.82, 2.24) is 19.9 Å². The van der Waals surface area contributed by atoms with Gasteiger partial charge in [-0.3, -0.25) is 14.9 Å². The zero-order valence-electron chi connectivity index (χ0n) is 15.5. The Labute approximate surface area is 176 Å². The Morgan fingerprint density at radius 1 is 1.19 bits per heavy atom. The van der Waals surface area contributed by atoms with Crippen LogP contribution in [0.2, 0.25) is 0 Å². The molecule has 1 N–H and O–H groups in total. The van der Waals surface area contributed by atoms with Crippen LogP contribution in [0.4, 0.5) is 18.9 Å². The summed E-state index contributed by atoms with van der Waals surface area (Å²) in [5.41, 5.74) is -1.51. The fourth-order valence-corrected chi connectivity index (χ4v) is 3.50. The molecule has 0 fully saturated rings. The molecule has 12 heteroatoms. The van der Waals surface area contributed by atoms with Gasteiger partial charge in [0, 0.05) is 28.6 Å². The molecule has 0 aliphatic heterocycles. The molecule has 0 saturated carbocycles. The van der Waals surface area contributed by atoms with Gasteiger partial charge in [0.05, 0.1) is 17.2 Å². The number of hydrogen-bond donors (Lipinski definition) is 1. The highest BCUT2D eigenvalue weighted by atomic mass is 32.1. The molecular weight excluding hydrogens is 435 g/mol. The summed E-state index contributed by atoms with van der Waals surface area (Å²) in [6.45, 7) is 0.220. The van der Waals surface area contributed by atoms with Gasteiger partial charge in [-0.2, -0.15) is 18.3 Å². The third kappa shape index (κ3) is 4.23. The average molecular weight is 447 g/mol. The minimum absolute atomic E-state index is 0.0554. The lowest BCUT2D eigenvalue weighted by Crippen LogP contribution is -2.23. The van der Waals surface area contributed by atoms with Gasteiger partial charge in [0.1, 0.15) is 0 Å². The quantitative estimate of drug-likeness (QED) is 0.363. The van der Waals surface area contributed by atoms with Crippen LogP contribution >= 0.6 is 11.3 Å². The van der Waals surface area contributed by atoms with Crippen LogP contribution in [0.15, 0.2) is 53.9 Å². The molecule has 0 unspecified atom stereocenters. The molecule has 3 heterocycles. The zero-order valence-corrected chi connectivity index (χ0v) is 16.3. The molecule has 0 spiro atoms. The summed E-state index contributed by atoms with van der Waals surface area (Å²) in [5, 5.41) is 19.0. The number of thiophene rings is 1. The molecule has 0 aliphatic rings. The van der Waals surface area contributed by atoms with E-state index in [4.69, 9.17) is 0 Å². The van der Waals surface area contributed by atoms with Gasteiger partial charge in [0.15, 0.2) is 17.0 Å². The van der Waals surface area contributed by atoms with Crippen molar-refractivity contribution in [2.24, 2.45) is 0 Å². The molecule has 0 radical (unpaired) electrons. The number of amides is 1. The first kappa shape index (κ1) is 20.5. The number of nitrogens with zero attached hydrogens (tertiary/aromatic N) is 4. The predicted molar refractivity (Wildman–Crippen MR) is 106 cm³/mol. The number of fused-ring (bicyclic) bond motifs is 1. The lowest BCUT2D eigenvalue weighted by Gasteiger charge is -2.11. The number of hydrogen-bond acceptors (Lipinski definition) is 6. The second-order valence-electron chi connectivity index (χ2n) is 6.39. The molecule has 31 heavy (non-hydrogen) atoms. The van der Waals surface area contributed by atoms with Crippen molar-refractivity contribution in [2.75, 3.05) is 0 Å². The van der Waals surface area contributed by atoms with Gasteiger partial charge in [-0.1, -0.05) is 6.07 Å². The average Bonchev–Trinajstić information content (AvgIpc) is 3.40. The summed E-state index contributed by atoms with van der Waals surface area (Å²) in [5.74, 6) is -0.635. The molecule has 158 valence electrons. The van der Waals surface area contributed by atoms with Crippen LogP contribution in [0.3, 0.4) is 0 Å². The van der Waals surface area contributed by atoms with Crippen molar-refractivity contribution in [2.45, 2.75) is 12.7 Å². The van der Waals surface area contributed by atoms with Crippen LogP contribution < -0.4 is 5.32 Å². The molecule has 0 bridgehead atoms. The Kier molecular flexibility index (Phi) is 5.15. The number of alkyl halides is 3. The van der Waals surface area contributed by atoms with E-state index in [1.54, 1.807) is 0 Å². The SMILES string of the molecule is O=C(NCc1cccs1)c1cc2nc(-c3ccc([N+](=O)[O-])cc3)cc(C(F)(F)F)n2n1. The molecule has 3 aromatic heterocycles. The molecule has 0 saturated heterocycles. The van der Waals surface area contributed by atoms with E-state index in [0.717, 1.165) is 17.0 Å². The standard InChI is InChI=1S/C19H12F3N5O3S/c20-19(21,22)16-8-14(11-3-5-12(6-4-11)27(29)30)24-17-9-15(25-26(16)17)18(28)23-10-13-2-1-7-31-13/h1-9H,10H2,(H,23,28). The van der Waals surface area contributed by atoms with Crippen LogP contribution in [0.25, 0.3) is 16.9 Å². The lowest BCUT2D eigenvalue weighted by molar-refractivity contribution is -0.384. The first-order valence-corrected chi connectivity index (χ1v) is 9.64. The number of nitro benzene ring substituents is 1. The van der Waals surface area contributed by atoms with Crippen molar-refractivity contribution in [3.05, 3.63) is 80.3 Å². The normalized spacial score (nSPS) is 11.6. The number of benzene rings is 1. The van der Waals surface area contributed by atoms with Crippen molar-refractivity contribution >= 4 is 28.6 Å². The molecular formula is C19H12F3N5O3S. The lowest BCUT2D eigenvalue weighted by atomic mass is 10.1. The Hall–Kier alpha value is -3.80. The minimum atomic E-state index is -4.77. The smallest absolute Gasteiger partial charge is 0.346 e. The monoisotopic (exact) mass is 447 g/mol. The highest BCUT2D eigenvalue weighted by molar-refractivity contribution is 7.09. The zero-order chi connectivity index (χ0) is 22.2. The van der Waals surface area contributed by atoms with Gasteiger partial charge in [-0.15, -0.1) is 11.3 Å². The first-order valence-electron chi connectivity index (χ1n) is 8.76. The van der Waals surface area contributed by atoms with Crippen LogP contribution in [-0.4, -0.2) is 25.4 Å². The molecule has 4 aromatic rings. The fourth-order valence-electron chi connectivity index (χ4n) is 2.86. The number of rotatable bonds is 5. The van der Waals surface area contributed by atoms with Gasteiger partial charge in [-0.25, -0.2) is 9.50 Å². The van der Waals surface area contributed by atoms with Crippen LogP contribution in [-0.2, 0) is 12.7 Å². The highest BCUT2D eigenvalue weighted by Crippen LogP contribution is 2.32. The maximum absolute atomic E-state index is 13.7. The minimum Gasteiger partial charge on any atom is -0.346 e. The number of aromatic nitrogens is 3.